The molecule has 1 rings (SSSR count). The van der Waals surface area contributed by atoms with Crippen molar-refractivity contribution < 1.29 is 19.7 Å². The zero-order chi connectivity index (χ0) is 15.5. The molecule has 5 heteroatoms. The number of aryl methyl sites for hydroxylation is 1. The molecule has 0 heterocycles. The van der Waals surface area contributed by atoms with Crippen LogP contribution in [0.2, 0.25) is 0 Å². The monoisotopic (exact) mass is 297 g/mol. The van der Waals surface area contributed by atoms with Crippen molar-refractivity contribution in [2.45, 2.75) is 32.0 Å². The molecule has 0 aliphatic heterocycles. The highest BCUT2D eigenvalue weighted by Gasteiger charge is 2.06. The van der Waals surface area contributed by atoms with Crippen LogP contribution in [0.5, 0.6) is 5.75 Å². The number of hydrogen-bond donors (Lipinski definition) is 3. The first kappa shape index (κ1) is 17.9. The van der Waals surface area contributed by atoms with Crippen LogP contribution in [0.25, 0.3) is 0 Å². The molecule has 0 saturated heterocycles. The molecule has 0 aliphatic carbocycles. The SMILES string of the molecule is CCc1ccc(OCC(O)CNCCC(O)COC)cc1. The second-order valence-electron chi connectivity index (χ2n) is 5.06. The van der Waals surface area contributed by atoms with Gasteiger partial charge in [-0.05, 0) is 37.1 Å². The van der Waals surface area contributed by atoms with E-state index in [1.807, 2.05) is 24.3 Å². The average molecular weight is 297 g/mol. The first-order valence-corrected chi connectivity index (χ1v) is 7.43. The van der Waals surface area contributed by atoms with Crippen LogP contribution in [0.15, 0.2) is 24.3 Å². The van der Waals surface area contributed by atoms with E-state index in [0.29, 0.717) is 26.1 Å². The maximum Gasteiger partial charge on any atom is 0.119 e. The van der Waals surface area contributed by atoms with Crippen LogP contribution in [-0.2, 0) is 11.2 Å². The van der Waals surface area contributed by atoms with E-state index in [9.17, 15) is 10.2 Å². The van der Waals surface area contributed by atoms with E-state index in [0.717, 1.165) is 12.2 Å². The van der Waals surface area contributed by atoms with Crippen LogP contribution in [0.1, 0.15) is 18.9 Å². The number of nitrogens with one attached hydrogen (secondary N) is 1. The number of methoxy groups -OCH3 is 1. The quantitative estimate of drug-likeness (QED) is 0.531. The molecule has 0 aliphatic rings. The lowest BCUT2D eigenvalue weighted by Crippen LogP contribution is -2.33. The lowest BCUT2D eigenvalue weighted by atomic mass is 10.2. The predicted molar refractivity (Wildman–Crippen MR) is 82.7 cm³/mol. The van der Waals surface area contributed by atoms with Gasteiger partial charge in [-0.2, -0.15) is 0 Å². The molecule has 0 saturated carbocycles. The number of aliphatic hydroxyl groups is 2. The Morgan fingerprint density at radius 3 is 2.43 bits per heavy atom. The van der Waals surface area contributed by atoms with Gasteiger partial charge in [0.25, 0.3) is 0 Å². The number of aliphatic hydroxyl groups excluding tert-OH is 2. The molecule has 3 N–H and O–H groups in total. The van der Waals surface area contributed by atoms with E-state index in [-0.39, 0.29) is 6.61 Å². The Balaban J connectivity index is 2.11. The second kappa shape index (κ2) is 10.6. The van der Waals surface area contributed by atoms with Gasteiger partial charge in [0.2, 0.25) is 0 Å². The molecule has 1 aromatic rings. The van der Waals surface area contributed by atoms with Gasteiger partial charge in [-0.3, -0.25) is 0 Å². The highest BCUT2D eigenvalue weighted by molar-refractivity contribution is 5.27. The van der Waals surface area contributed by atoms with Crippen molar-refractivity contribution in [2.75, 3.05) is 33.4 Å². The van der Waals surface area contributed by atoms with E-state index in [2.05, 4.69) is 12.2 Å². The smallest absolute Gasteiger partial charge is 0.119 e. The standard InChI is InChI=1S/C16H27NO4/c1-3-13-4-6-16(7-5-13)21-12-15(19)10-17-9-8-14(18)11-20-2/h4-7,14-15,17-19H,3,8-12H2,1-2H3. The first-order valence-electron chi connectivity index (χ1n) is 7.43. The van der Waals surface area contributed by atoms with E-state index < -0.39 is 12.2 Å². The van der Waals surface area contributed by atoms with Crippen molar-refractivity contribution in [2.24, 2.45) is 0 Å². The second-order valence-corrected chi connectivity index (χ2v) is 5.06. The lowest BCUT2D eigenvalue weighted by molar-refractivity contribution is 0.0577. The van der Waals surface area contributed by atoms with E-state index in [1.165, 1.54) is 5.56 Å². The van der Waals surface area contributed by atoms with Crippen LogP contribution in [0.4, 0.5) is 0 Å². The largest absolute Gasteiger partial charge is 0.491 e. The number of rotatable bonds is 11. The third-order valence-corrected chi connectivity index (χ3v) is 3.17. The Hall–Kier alpha value is -1.14. The van der Waals surface area contributed by atoms with Crippen molar-refractivity contribution in [3.8, 4) is 5.75 Å². The Bertz CT molecular complexity index is 369. The molecule has 120 valence electrons. The minimum Gasteiger partial charge on any atom is -0.491 e. The lowest BCUT2D eigenvalue weighted by Gasteiger charge is -2.14. The van der Waals surface area contributed by atoms with Crippen molar-refractivity contribution in [3.05, 3.63) is 29.8 Å². The molecular formula is C16H27NO4. The van der Waals surface area contributed by atoms with Crippen molar-refractivity contribution in [1.82, 2.24) is 5.32 Å². The maximum atomic E-state index is 9.81. The molecule has 5 nitrogen and oxygen atoms in total. The molecule has 0 bridgehead atoms. The predicted octanol–water partition coefficient (Wildman–Crippen LogP) is 0.976. The van der Waals surface area contributed by atoms with Crippen LogP contribution in [0.3, 0.4) is 0 Å². The van der Waals surface area contributed by atoms with E-state index in [4.69, 9.17) is 9.47 Å². The van der Waals surface area contributed by atoms with Gasteiger partial charge in [0.05, 0.1) is 12.7 Å². The topological polar surface area (TPSA) is 71.0 Å². The molecule has 2 unspecified atom stereocenters. The summed E-state index contributed by atoms with van der Waals surface area (Å²) in [6.07, 6.45) is 0.560. The summed E-state index contributed by atoms with van der Waals surface area (Å²) in [7, 11) is 1.56. The minimum atomic E-state index is -0.574. The van der Waals surface area contributed by atoms with Gasteiger partial charge in [0.1, 0.15) is 18.5 Å². The molecule has 0 fully saturated rings. The fourth-order valence-electron chi connectivity index (χ4n) is 1.89. The highest BCUT2D eigenvalue weighted by Crippen LogP contribution is 2.12. The van der Waals surface area contributed by atoms with Crippen LogP contribution in [-0.4, -0.2) is 55.8 Å². The molecule has 21 heavy (non-hydrogen) atoms. The first-order chi connectivity index (χ1) is 10.2. The Kier molecular flexibility index (Phi) is 9.01. The summed E-state index contributed by atoms with van der Waals surface area (Å²) in [5.74, 6) is 0.766. The van der Waals surface area contributed by atoms with Crippen molar-refractivity contribution in [1.29, 1.82) is 0 Å². The average Bonchev–Trinajstić information content (AvgIpc) is 2.50. The van der Waals surface area contributed by atoms with Crippen molar-refractivity contribution in [3.63, 3.8) is 0 Å². The molecule has 0 aromatic heterocycles. The molecule has 0 radical (unpaired) electrons. The Morgan fingerprint density at radius 2 is 1.81 bits per heavy atom. The van der Waals surface area contributed by atoms with E-state index in [1.54, 1.807) is 7.11 Å². The summed E-state index contributed by atoms with van der Waals surface area (Å²) < 4.78 is 10.4. The van der Waals surface area contributed by atoms with Crippen LogP contribution >= 0.6 is 0 Å². The van der Waals surface area contributed by atoms with Gasteiger partial charge in [0.15, 0.2) is 0 Å². The van der Waals surface area contributed by atoms with Crippen LogP contribution < -0.4 is 10.1 Å². The van der Waals surface area contributed by atoms with E-state index >= 15 is 0 Å². The highest BCUT2D eigenvalue weighted by atomic mass is 16.5. The fourth-order valence-corrected chi connectivity index (χ4v) is 1.89. The molecule has 2 atom stereocenters. The maximum absolute atomic E-state index is 9.81. The number of ether oxygens (including phenoxy) is 2. The summed E-state index contributed by atoms with van der Waals surface area (Å²) >= 11 is 0. The van der Waals surface area contributed by atoms with Gasteiger partial charge in [-0.15, -0.1) is 0 Å². The van der Waals surface area contributed by atoms with Crippen molar-refractivity contribution >= 4 is 0 Å². The molecule has 0 amide bonds. The van der Waals surface area contributed by atoms with Gasteiger partial charge >= 0.3 is 0 Å². The van der Waals surface area contributed by atoms with Gasteiger partial charge in [0, 0.05) is 13.7 Å². The Morgan fingerprint density at radius 1 is 1.10 bits per heavy atom. The third kappa shape index (κ3) is 8.02. The fraction of sp³-hybridized carbons (Fsp3) is 0.625. The molecule has 0 spiro atoms. The van der Waals surface area contributed by atoms with Gasteiger partial charge in [-0.1, -0.05) is 19.1 Å². The third-order valence-electron chi connectivity index (χ3n) is 3.17. The summed E-state index contributed by atoms with van der Waals surface area (Å²) in [5, 5.41) is 22.3. The molecular weight excluding hydrogens is 270 g/mol. The summed E-state index contributed by atoms with van der Waals surface area (Å²) in [4.78, 5) is 0. The summed E-state index contributed by atoms with van der Waals surface area (Å²) in [6.45, 7) is 3.76. The summed E-state index contributed by atoms with van der Waals surface area (Å²) in [5.41, 5.74) is 1.26. The zero-order valence-electron chi connectivity index (χ0n) is 12.9. The normalized spacial score (nSPS) is 13.9. The van der Waals surface area contributed by atoms with Gasteiger partial charge in [-0.25, -0.2) is 0 Å². The summed E-state index contributed by atoms with van der Waals surface area (Å²) in [6, 6.07) is 7.88. The zero-order valence-corrected chi connectivity index (χ0v) is 12.9. The number of hydrogen-bond acceptors (Lipinski definition) is 5. The van der Waals surface area contributed by atoms with Gasteiger partial charge < -0.3 is 25.0 Å². The Labute approximate surface area is 126 Å². The molecule has 1 aromatic carbocycles. The minimum absolute atomic E-state index is 0.249. The van der Waals surface area contributed by atoms with Crippen LogP contribution in [0, 0.1) is 0 Å². The number of benzene rings is 1.